The molecule has 0 amide bonds. The van der Waals surface area contributed by atoms with Gasteiger partial charge in [-0.05, 0) is 12.1 Å². The summed E-state index contributed by atoms with van der Waals surface area (Å²) >= 11 is 0. The predicted octanol–water partition coefficient (Wildman–Crippen LogP) is 0.125. The van der Waals surface area contributed by atoms with Crippen LogP contribution in [0, 0.1) is 0 Å². The van der Waals surface area contributed by atoms with Crippen molar-refractivity contribution in [3.8, 4) is 5.82 Å². The van der Waals surface area contributed by atoms with Crippen LogP contribution >= 0.6 is 0 Å². The van der Waals surface area contributed by atoms with E-state index in [4.69, 9.17) is 10.8 Å². The fraction of sp³-hybridized carbons (Fsp3) is 0.300. The summed E-state index contributed by atoms with van der Waals surface area (Å²) in [4.78, 5) is 0. The summed E-state index contributed by atoms with van der Waals surface area (Å²) in [6.45, 7) is 0.992. The normalized spacial score (nSPS) is 10.8. The van der Waals surface area contributed by atoms with Gasteiger partial charge in [0.25, 0.3) is 0 Å². The van der Waals surface area contributed by atoms with Gasteiger partial charge in [0.15, 0.2) is 0 Å². The molecule has 0 aliphatic heterocycles. The van der Waals surface area contributed by atoms with Gasteiger partial charge in [-0.15, -0.1) is 0 Å². The molecule has 0 saturated carbocycles. The summed E-state index contributed by atoms with van der Waals surface area (Å²) in [5.74, 6) is 0.927. The van der Waals surface area contributed by atoms with E-state index in [1.807, 2.05) is 29.1 Å². The minimum atomic E-state index is 0.0694. The number of aliphatic hydroxyl groups excluding tert-OH is 1. The number of hydrogen-bond acceptors (Lipinski definition) is 3. The third-order valence-corrected chi connectivity index (χ3v) is 2.27. The van der Waals surface area contributed by atoms with E-state index in [1.54, 1.807) is 10.9 Å². The second kappa shape index (κ2) is 4.29. The Hall–Kier alpha value is -1.59. The summed E-state index contributed by atoms with van der Waals surface area (Å²) < 4.78 is 3.70. The fourth-order valence-corrected chi connectivity index (χ4v) is 1.59. The first-order chi connectivity index (χ1) is 7.36. The molecule has 0 aliphatic rings. The maximum absolute atomic E-state index is 8.92. The summed E-state index contributed by atoms with van der Waals surface area (Å²) in [7, 11) is 0. The zero-order valence-corrected chi connectivity index (χ0v) is 8.37. The van der Waals surface area contributed by atoms with Crippen LogP contribution in [0.3, 0.4) is 0 Å². The van der Waals surface area contributed by atoms with Gasteiger partial charge in [0, 0.05) is 24.5 Å². The smallest absolute Gasteiger partial charge is 0.139 e. The van der Waals surface area contributed by atoms with Crippen molar-refractivity contribution in [1.82, 2.24) is 14.3 Å². The third-order valence-electron chi connectivity index (χ3n) is 2.27. The van der Waals surface area contributed by atoms with Crippen LogP contribution in [-0.2, 0) is 13.1 Å². The molecule has 0 unspecified atom stereocenters. The maximum atomic E-state index is 8.92. The van der Waals surface area contributed by atoms with Crippen LogP contribution in [0.25, 0.3) is 5.82 Å². The zero-order chi connectivity index (χ0) is 10.7. The highest BCUT2D eigenvalue weighted by atomic mass is 16.3. The van der Waals surface area contributed by atoms with E-state index < -0.39 is 0 Å². The molecule has 0 atom stereocenters. The Labute approximate surface area is 87.7 Å². The van der Waals surface area contributed by atoms with Crippen LogP contribution in [0.5, 0.6) is 0 Å². The predicted molar refractivity (Wildman–Crippen MR) is 56.5 cm³/mol. The third kappa shape index (κ3) is 1.79. The van der Waals surface area contributed by atoms with Gasteiger partial charge in [-0.25, -0.2) is 4.68 Å². The van der Waals surface area contributed by atoms with Gasteiger partial charge in [-0.3, -0.25) is 0 Å². The standard InChI is InChI=1S/C10H14N4O/c11-7-9-8-12-14(5-6-15)10(9)13-3-1-2-4-13/h1-4,8,15H,5-7,11H2. The van der Waals surface area contributed by atoms with Gasteiger partial charge in [-0.2, -0.15) is 5.10 Å². The van der Waals surface area contributed by atoms with E-state index in [2.05, 4.69) is 5.10 Å². The molecule has 80 valence electrons. The van der Waals surface area contributed by atoms with E-state index >= 15 is 0 Å². The van der Waals surface area contributed by atoms with Crippen LogP contribution in [-0.4, -0.2) is 26.1 Å². The molecule has 2 heterocycles. The van der Waals surface area contributed by atoms with Crippen molar-refractivity contribution in [2.75, 3.05) is 6.61 Å². The molecule has 0 aliphatic carbocycles. The van der Waals surface area contributed by atoms with Gasteiger partial charge in [0.2, 0.25) is 0 Å². The molecule has 5 heteroatoms. The molecule has 0 saturated heterocycles. The number of aliphatic hydroxyl groups is 1. The van der Waals surface area contributed by atoms with E-state index in [-0.39, 0.29) is 6.61 Å². The van der Waals surface area contributed by atoms with E-state index in [0.717, 1.165) is 11.4 Å². The first-order valence-corrected chi connectivity index (χ1v) is 4.85. The minimum Gasteiger partial charge on any atom is -0.394 e. The molecule has 2 rings (SSSR count). The number of aromatic nitrogens is 3. The van der Waals surface area contributed by atoms with Crippen LogP contribution < -0.4 is 5.73 Å². The molecule has 0 aromatic carbocycles. The van der Waals surface area contributed by atoms with Crippen molar-refractivity contribution in [3.05, 3.63) is 36.3 Å². The van der Waals surface area contributed by atoms with Gasteiger partial charge in [0.05, 0.1) is 19.3 Å². The Kier molecular flexibility index (Phi) is 2.84. The first-order valence-electron chi connectivity index (χ1n) is 4.85. The topological polar surface area (TPSA) is 69.0 Å². The second-order valence-corrected chi connectivity index (χ2v) is 3.23. The Morgan fingerprint density at radius 2 is 2.07 bits per heavy atom. The van der Waals surface area contributed by atoms with Crippen molar-refractivity contribution >= 4 is 0 Å². The highest BCUT2D eigenvalue weighted by molar-refractivity contribution is 5.33. The van der Waals surface area contributed by atoms with Crippen LogP contribution in [0.4, 0.5) is 0 Å². The maximum Gasteiger partial charge on any atom is 0.139 e. The van der Waals surface area contributed by atoms with Gasteiger partial charge >= 0.3 is 0 Å². The Morgan fingerprint density at radius 1 is 1.33 bits per heavy atom. The molecule has 0 bridgehead atoms. The minimum absolute atomic E-state index is 0.0694. The lowest BCUT2D eigenvalue weighted by Gasteiger charge is -2.08. The molecule has 5 nitrogen and oxygen atoms in total. The van der Waals surface area contributed by atoms with Crippen molar-refractivity contribution in [2.45, 2.75) is 13.1 Å². The molecule has 2 aromatic heterocycles. The van der Waals surface area contributed by atoms with E-state index in [0.29, 0.717) is 13.1 Å². The number of hydrogen-bond donors (Lipinski definition) is 2. The summed E-state index contributed by atoms with van der Waals surface area (Å²) in [5, 5.41) is 13.1. The number of nitrogens with two attached hydrogens (primary N) is 1. The molecule has 2 aromatic rings. The quantitative estimate of drug-likeness (QED) is 0.746. The monoisotopic (exact) mass is 206 g/mol. The van der Waals surface area contributed by atoms with E-state index in [1.165, 1.54) is 0 Å². The number of rotatable bonds is 4. The molecule has 0 fully saturated rings. The van der Waals surface area contributed by atoms with Crippen LogP contribution in [0.15, 0.2) is 30.7 Å². The summed E-state index contributed by atoms with van der Waals surface area (Å²) in [5.41, 5.74) is 6.61. The first kappa shape index (κ1) is 9.95. The lowest BCUT2D eigenvalue weighted by atomic mass is 10.3. The van der Waals surface area contributed by atoms with Crippen molar-refractivity contribution < 1.29 is 5.11 Å². The van der Waals surface area contributed by atoms with E-state index in [9.17, 15) is 0 Å². The van der Waals surface area contributed by atoms with Gasteiger partial charge in [0.1, 0.15) is 5.82 Å². The highest BCUT2D eigenvalue weighted by Gasteiger charge is 2.09. The summed E-state index contributed by atoms with van der Waals surface area (Å²) in [6, 6.07) is 3.88. The Balaban J connectivity index is 2.46. The lowest BCUT2D eigenvalue weighted by molar-refractivity contribution is 0.269. The average molecular weight is 206 g/mol. The van der Waals surface area contributed by atoms with Gasteiger partial charge < -0.3 is 15.4 Å². The van der Waals surface area contributed by atoms with Crippen LogP contribution in [0.1, 0.15) is 5.56 Å². The van der Waals surface area contributed by atoms with Crippen molar-refractivity contribution in [2.24, 2.45) is 5.73 Å². The lowest BCUT2D eigenvalue weighted by Crippen LogP contribution is -2.11. The number of nitrogens with zero attached hydrogens (tertiary/aromatic N) is 3. The van der Waals surface area contributed by atoms with Crippen molar-refractivity contribution in [1.29, 1.82) is 0 Å². The molecular weight excluding hydrogens is 192 g/mol. The zero-order valence-electron chi connectivity index (χ0n) is 8.37. The van der Waals surface area contributed by atoms with Crippen molar-refractivity contribution in [3.63, 3.8) is 0 Å². The SMILES string of the molecule is NCc1cnn(CCO)c1-n1cccc1. The molecule has 3 N–H and O–H groups in total. The second-order valence-electron chi connectivity index (χ2n) is 3.23. The Morgan fingerprint density at radius 3 is 2.67 bits per heavy atom. The molecule has 0 spiro atoms. The molecular formula is C10H14N4O. The molecule has 15 heavy (non-hydrogen) atoms. The Bertz CT molecular complexity index is 419. The average Bonchev–Trinajstić information content (AvgIpc) is 2.85. The highest BCUT2D eigenvalue weighted by Crippen LogP contribution is 2.13. The fourth-order valence-electron chi connectivity index (χ4n) is 1.59. The van der Waals surface area contributed by atoms with Gasteiger partial charge in [-0.1, -0.05) is 0 Å². The van der Waals surface area contributed by atoms with Crippen LogP contribution in [0.2, 0.25) is 0 Å². The summed E-state index contributed by atoms with van der Waals surface area (Å²) in [6.07, 6.45) is 5.61. The largest absolute Gasteiger partial charge is 0.394 e. The molecule has 0 radical (unpaired) electrons.